The van der Waals surface area contributed by atoms with Crippen LogP contribution in [-0.2, 0) is 16.1 Å². The number of nitrogens with zero attached hydrogens (tertiary/aromatic N) is 1. The van der Waals surface area contributed by atoms with E-state index in [4.69, 9.17) is 9.15 Å². The van der Waals surface area contributed by atoms with Crippen LogP contribution in [0.1, 0.15) is 23.1 Å². The minimum absolute atomic E-state index is 0.0540. The number of hydrogen-bond acceptors (Lipinski definition) is 5. The van der Waals surface area contributed by atoms with E-state index in [0.717, 1.165) is 41.6 Å². The third-order valence-corrected chi connectivity index (χ3v) is 5.17. The van der Waals surface area contributed by atoms with Crippen molar-refractivity contribution in [2.24, 2.45) is 0 Å². The van der Waals surface area contributed by atoms with Crippen molar-refractivity contribution in [3.8, 4) is 0 Å². The fourth-order valence-electron chi connectivity index (χ4n) is 3.96. The maximum atomic E-state index is 12.0. The van der Waals surface area contributed by atoms with E-state index in [1.807, 2.05) is 19.9 Å². The molecule has 1 unspecified atom stereocenters. The summed E-state index contributed by atoms with van der Waals surface area (Å²) in [6.45, 7) is 6.99. The molecule has 2 aliphatic rings. The van der Waals surface area contributed by atoms with Crippen molar-refractivity contribution in [3.63, 3.8) is 0 Å². The van der Waals surface area contributed by atoms with Crippen LogP contribution in [0.5, 0.6) is 0 Å². The van der Waals surface area contributed by atoms with Gasteiger partial charge in [-0.15, -0.1) is 0 Å². The number of ether oxygens (including phenoxy) is 1. The first kappa shape index (κ1) is 16.3. The fraction of sp³-hybridized carbons (Fsp3) is 0.474. The summed E-state index contributed by atoms with van der Waals surface area (Å²) in [7, 11) is 0. The molecule has 0 aliphatic carbocycles. The second kappa shape index (κ2) is 5.97. The van der Waals surface area contributed by atoms with Gasteiger partial charge in [0.15, 0.2) is 0 Å². The number of morpholine rings is 1. The average molecular weight is 342 g/mol. The molecule has 1 spiro atoms. The van der Waals surface area contributed by atoms with Gasteiger partial charge >= 0.3 is 5.63 Å². The highest BCUT2D eigenvalue weighted by molar-refractivity contribution is 5.83. The van der Waals surface area contributed by atoms with Crippen molar-refractivity contribution in [3.05, 3.63) is 45.3 Å². The Bertz CT molecular complexity index is 892. The number of amides is 1. The van der Waals surface area contributed by atoms with Crippen LogP contribution < -0.4 is 10.9 Å². The lowest BCUT2D eigenvalue weighted by Gasteiger charge is -2.33. The zero-order valence-corrected chi connectivity index (χ0v) is 14.6. The Kier molecular flexibility index (Phi) is 3.89. The third kappa shape index (κ3) is 3.07. The number of carbonyl (C=O) groups excluding carboxylic acids is 1. The topological polar surface area (TPSA) is 71.8 Å². The molecular weight excluding hydrogens is 320 g/mol. The molecule has 4 rings (SSSR count). The van der Waals surface area contributed by atoms with Crippen LogP contribution in [0.25, 0.3) is 11.0 Å². The van der Waals surface area contributed by atoms with Crippen LogP contribution in [0, 0.1) is 13.8 Å². The molecule has 1 N–H and O–H groups in total. The van der Waals surface area contributed by atoms with Crippen molar-refractivity contribution >= 4 is 16.9 Å². The highest BCUT2D eigenvalue weighted by Gasteiger charge is 2.42. The predicted molar refractivity (Wildman–Crippen MR) is 93.5 cm³/mol. The number of benzene rings is 1. The summed E-state index contributed by atoms with van der Waals surface area (Å²) < 4.78 is 11.3. The SMILES string of the molecule is Cc1cc(C)c2oc(=O)cc(CN3CCC4(CNC(=O)CO4)C3)c2c1. The Morgan fingerprint density at radius 3 is 2.84 bits per heavy atom. The first-order valence-corrected chi connectivity index (χ1v) is 8.61. The molecule has 0 bridgehead atoms. The van der Waals surface area contributed by atoms with E-state index in [1.54, 1.807) is 6.07 Å². The molecular formula is C19H22N2O4. The number of nitrogens with one attached hydrogen (secondary N) is 1. The van der Waals surface area contributed by atoms with Crippen LogP contribution in [-0.4, -0.2) is 42.6 Å². The molecule has 2 aliphatic heterocycles. The van der Waals surface area contributed by atoms with Crippen LogP contribution in [0.4, 0.5) is 0 Å². The average Bonchev–Trinajstić information content (AvgIpc) is 2.94. The van der Waals surface area contributed by atoms with Gasteiger partial charge < -0.3 is 14.5 Å². The quantitative estimate of drug-likeness (QED) is 0.838. The molecule has 1 amide bonds. The van der Waals surface area contributed by atoms with Crippen LogP contribution in [0.3, 0.4) is 0 Å². The summed E-state index contributed by atoms with van der Waals surface area (Å²) in [5.74, 6) is -0.0540. The van der Waals surface area contributed by atoms with Gasteiger partial charge in [-0.25, -0.2) is 4.79 Å². The highest BCUT2D eigenvalue weighted by atomic mass is 16.5. The van der Waals surface area contributed by atoms with Gasteiger partial charge in [0.2, 0.25) is 5.91 Å². The van der Waals surface area contributed by atoms with Crippen molar-refractivity contribution in [1.29, 1.82) is 0 Å². The van der Waals surface area contributed by atoms with Gasteiger partial charge in [-0.1, -0.05) is 6.07 Å². The van der Waals surface area contributed by atoms with Crippen molar-refractivity contribution in [2.75, 3.05) is 26.2 Å². The minimum atomic E-state index is -0.315. The summed E-state index contributed by atoms with van der Waals surface area (Å²) >= 11 is 0. The summed E-state index contributed by atoms with van der Waals surface area (Å²) in [4.78, 5) is 25.6. The molecule has 0 radical (unpaired) electrons. The Hall–Kier alpha value is -2.18. The molecule has 1 aromatic heterocycles. The van der Waals surface area contributed by atoms with Crippen LogP contribution >= 0.6 is 0 Å². The second-order valence-corrected chi connectivity index (χ2v) is 7.26. The van der Waals surface area contributed by atoms with E-state index in [0.29, 0.717) is 18.7 Å². The number of hydrogen-bond donors (Lipinski definition) is 1. The highest BCUT2D eigenvalue weighted by Crippen LogP contribution is 2.30. The van der Waals surface area contributed by atoms with E-state index in [9.17, 15) is 9.59 Å². The molecule has 2 fully saturated rings. The summed E-state index contributed by atoms with van der Waals surface area (Å²) in [6.07, 6.45) is 0.880. The lowest BCUT2D eigenvalue weighted by atomic mass is 10.0. The molecule has 1 atom stereocenters. The van der Waals surface area contributed by atoms with Crippen molar-refractivity contribution in [1.82, 2.24) is 10.2 Å². The predicted octanol–water partition coefficient (Wildman–Crippen LogP) is 1.50. The summed E-state index contributed by atoms with van der Waals surface area (Å²) in [5.41, 5.74) is 3.17. The first-order chi connectivity index (χ1) is 11.9. The standard InChI is InChI=1S/C19H22N2O4/c1-12-5-13(2)18-15(6-12)14(7-17(23)25-18)8-21-4-3-19(11-21)10-20-16(22)9-24-19/h5-7H,3-4,8-11H2,1-2H3,(H,20,22). The lowest BCUT2D eigenvalue weighted by molar-refractivity contribution is -0.142. The van der Waals surface area contributed by atoms with Crippen LogP contribution in [0.15, 0.2) is 27.4 Å². The normalized spacial score (nSPS) is 24.2. The van der Waals surface area contributed by atoms with E-state index >= 15 is 0 Å². The summed E-state index contributed by atoms with van der Waals surface area (Å²) in [5, 5.41) is 3.89. The van der Waals surface area contributed by atoms with E-state index in [1.165, 1.54) is 0 Å². The van der Waals surface area contributed by atoms with Crippen molar-refractivity contribution < 1.29 is 13.9 Å². The molecule has 25 heavy (non-hydrogen) atoms. The maximum Gasteiger partial charge on any atom is 0.336 e. The molecule has 132 valence electrons. The van der Waals surface area contributed by atoms with E-state index in [-0.39, 0.29) is 23.7 Å². The van der Waals surface area contributed by atoms with Gasteiger partial charge in [0.1, 0.15) is 12.2 Å². The molecule has 2 aromatic rings. The second-order valence-electron chi connectivity index (χ2n) is 7.26. The zero-order chi connectivity index (χ0) is 17.6. The van der Waals surface area contributed by atoms with Crippen LogP contribution in [0.2, 0.25) is 0 Å². The lowest BCUT2D eigenvalue weighted by Crippen LogP contribution is -2.53. The Balaban J connectivity index is 1.61. The third-order valence-electron chi connectivity index (χ3n) is 5.17. The first-order valence-electron chi connectivity index (χ1n) is 8.61. The van der Waals surface area contributed by atoms with Crippen molar-refractivity contribution in [2.45, 2.75) is 32.4 Å². The Morgan fingerprint density at radius 1 is 1.24 bits per heavy atom. The number of likely N-dealkylation sites (tertiary alicyclic amines) is 1. The monoisotopic (exact) mass is 342 g/mol. The van der Waals surface area contributed by atoms with E-state index < -0.39 is 0 Å². The maximum absolute atomic E-state index is 12.0. The number of aryl methyl sites for hydroxylation is 2. The van der Waals surface area contributed by atoms with Gasteiger partial charge in [-0.3, -0.25) is 9.69 Å². The molecule has 1 aromatic carbocycles. The summed E-state index contributed by atoms with van der Waals surface area (Å²) in [6, 6.07) is 5.69. The van der Waals surface area contributed by atoms with Gasteiger partial charge in [0.25, 0.3) is 0 Å². The molecule has 0 saturated carbocycles. The van der Waals surface area contributed by atoms with E-state index in [2.05, 4.69) is 16.3 Å². The molecule has 3 heterocycles. The van der Waals surface area contributed by atoms with Gasteiger partial charge in [-0.05, 0) is 43.0 Å². The zero-order valence-electron chi connectivity index (χ0n) is 14.6. The molecule has 6 heteroatoms. The Morgan fingerprint density at radius 2 is 2.08 bits per heavy atom. The molecule has 6 nitrogen and oxygen atoms in total. The Labute approximate surface area is 145 Å². The van der Waals surface area contributed by atoms with Gasteiger partial charge in [0, 0.05) is 37.6 Å². The smallest absolute Gasteiger partial charge is 0.336 e. The largest absolute Gasteiger partial charge is 0.422 e. The fourth-order valence-corrected chi connectivity index (χ4v) is 3.96. The van der Waals surface area contributed by atoms with Gasteiger partial charge in [-0.2, -0.15) is 0 Å². The number of rotatable bonds is 2. The molecule has 2 saturated heterocycles. The minimum Gasteiger partial charge on any atom is -0.422 e. The van der Waals surface area contributed by atoms with Gasteiger partial charge in [0.05, 0.1) is 5.60 Å². The number of fused-ring (bicyclic) bond motifs is 1. The number of carbonyl (C=O) groups is 1.